The number of nitro benzene ring substituents is 1. The van der Waals surface area contributed by atoms with Gasteiger partial charge in [-0.1, -0.05) is 0 Å². The summed E-state index contributed by atoms with van der Waals surface area (Å²) < 4.78 is 0. The number of rotatable bonds is 1. The van der Waals surface area contributed by atoms with Gasteiger partial charge in [0.2, 0.25) is 0 Å². The van der Waals surface area contributed by atoms with E-state index in [1.165, 1.54) is 6.07 Å². The zero-order chi connectivity index (χ0) is 9.30. The molecule has 0 aromatic heterocycles. The SMILES string of the molecule is Cc1cc([N+](=O)[O-])c(C)cc1N. The average Bonchev–Trinajstić information content (AvgIpc) is 1.96. The van der Waals surface area contributed by atoms with E-state index < -0.39 is 4.92 Å². The summed E-state index contributed by atoms with van der Waals surface area (Å²) in [7, 11) is 0. The first-order chi connectivity index (χ1) is 5.52. The fraction of sp³-hybridized carbons (Fsp3) is 0.250. The lowest BCUT2D eigenvalue weighted by Crippen LogP contribution is -1.96. The first kappa shape index (κ1) is 8.52. The normalized spacial score (nSPS) is 9.83. The van der Waals surface area contributed by atoms with Gasteiger partial charge in [0, 0.05) is 17.3 Å². The van der Waals surface area contributed by atoms with Gasteiger partial charge in [-0.2, -0.15) is 0 Å². The number of benzene rings is 1. The van der Waals surface area contributed by atoms with Gasteiger partial charge in [-0.25, -0.2) is 0 Å². The fourth-order valence-corrected chi connectivity index (χ4v) is 1.02. The maximum absolute atomic E-state index is 10.5. The van der Waals surface area contributed by atoms with Crippen molar-refractivity contribution in [1.82, 2.24) is 0 Å². The van der Waals surface area contributed by atoms with Crippen LogP contribution < -0.4 is 5.73 Å². The topological polar surface area (TPSA) is 69.2 Å². The van der Waals surface area contributed by atoms with E-state index >= 15 is 0 Å². The first-order valence-corrected chi connectivity index (χ1v) is 3.53. The number of anilines is 1. The molecule has 4 heteroatoms. The molecule has 0 bridgehead atoms. The van der Waals surface area contributed by atoms with E-state index in [-0.39, 0.29) is 5.69 Å². The monoisotopic (exact) mass is 166 g/mol. The third kappa shape index (κ3) is 1.37. The van der Waals surface area contributed by atoms with Crippen LogP contribution >= 0.6 is 0 Å². The summed E-state index contributed by atoms with van der Waals surface area (Å²) in [4.78, 5) is 10.0. The highest BCUT2D eigenvalue weighted by atomic mass is 16.6. The Morgan fingerprint density at radius 2 is 1.92 bits per heavy atom. The van der Waals surface area contributed by atoms with Gasteiger partial charge >= 0.3 is 0 Å². The molecule has 0 fully saturated rings. The maximum Gasteiger partial charge on any atom is 0.272 e. The van der Waals surface area contributed by atoms with Crippen molar-refractivity contribution in [3.63, 3.8) is 0 Å². The van der Waals surface area contributed by atoms with Crippen molar-refractivity contribution in [3.05, 3.63) is 33.4 Å². The molecule has 0 radical (unpaired) electrons. The van der Waals surface area contributed by atoms with Crippen LogP contribution in [0.2, 0.25) is 0 Å². The number of hydrogen-bond donors (Lipinski definition) is 1. The molecule has 0 unspecified atom stereocenters. The molecule has 64 valence electrons. The molecule has 0 spiro atoms. The molecule has 0 saturated heterocycles. The lowest BCUT2D eigenvalue weighted by atomic mass is 10.1. The number of nitrogens with zero attached hydrogens (tertiary/aromatic N) is 1. The highest BCUT2D eigenvalue weighted by molar-refractivity contribution is 5.56. The van der Waals surface area contributed by atoms with Crippen LogP contribution in [0.25, 0.3) is 0 Å². The van der Waals surface area contributed by atoms with Gasteiger partial charge in [0.25, 0.3) is 5.69 Å². The van der Waals surface area contributed by atoms with E-state index in [0.29, 0.717) is 11.3 Å². The van der Waals surface area contributed by atoms with Crippen molar-refractivity contribution in [2.24, 2.45) is 0 Å². The molecule has 0 amide bonds. The van der Waals surface area contributed by atoms with Crippen LogP contribution in [0.4, 0.5) is 11.4 Å². The Kier molecular flexibility index (Phi) is 1.99. The molecule has 0 saturated carbocycles. The summed E-state index contributed by atoms with van der Waals surface area (Å²) in [5.41, 5.74) is 7.63. The Morgan fingerprint density at radius 3 is 2.42 bits per heavy atom. The fourth-order valence-electron chi connectivity index (χ4n) is 1.02. The summed E-state index contributed by atoms with van der Waals surface area (Å²) in [6, 6.07) is 3.11. The van der Waals surface area contributed by atoms with Crippen molar-refractivity contribution >= 4 is 11.4 Å². The standard InChI is InChI=1S/C8H10N2O2/c1-5-4-8(10(11)12)6(2)3-7(5)9/h3-4H,9H2,1-2H3. The van der Waals surface area contributed by atoms with Crippen molar-refractivity contribution in [3.8, 4) is 0 Å². The Bertz CT molecular complexity index is 334. The maximum atomic E-state index is 10.5. The highest BCUT2D eigenvalue weighted by Crippen LogP contribution is 2.23. The minimum Gasteiger partial charge on any atom is -0.398 e. The Hall–Kier alpha value is -1.58. The molecule has 1 rings (SSSR count). The first-order valence-electron chi connectivity index (χ1n) is 3.53. The van der Waals surface area contributed by atoms with Crippen LogP contribution in [0.15, 0.2) is 12.1 Å². The number of nitro groups is 1. The van der Waals surface area contributed by atoms with Gasteiger partial charge in [0.1, 0.15) is 0 Å². The highest BCUT2D eigenvalue weighted by Gasteiger charge is 2.11. The Morgan fingerprint density at radius 1 is 1.33 bits per heavy atom. The van der Waals surface area contributed by atoms with Gasteiger partial charge in [-0.05, 0) is 25.5 Å². The van der Waals surface area contributed by atoms with Gasteiger partial charge in [-0.15, -0.1) is 0 Å². The lowest BCUT2D eigenvalue weighted by molar-refractivity contribution is -0.385. The zero-order valence-corrected chi connectivity index (χ0v) is 7.00. The summed E-state index contributed by atoms with van der Waals surface area (Å²) >= 11 is 0. The average molecular weight is 166 g/mol. The molecule has 4 nitrogen and oxygen atoms in total. The second-order valence-corrected chi connectivity index (χ2v) is 2.75. The summed E-state index contributed by atoms with van der Waals surface area (Å²) in [5, 5.41) is 10.5. The summed E-state index contributed by atoms with van der Waals surface area (Å²) in [5.74, 6) is 0. The molecule has 1 aromatic rings. The van der Waals surface area contributed by atoms with Crippen LogP contribution in [0.1, 0.15) is 11.1 Å². The number of nitrogen functional groups attached to an aromatic ring is 1. The van der Waals surface area contributed by atoms with Crippen molar-refractivity contribution in [2.75, 3.05) is 5.73 Å². The largest absolute Gasteiger partial charge is 0.398 e. The van der Waals surface area contributed by atoms with E-state index in [0.717, 1.165) is 5.56 Å². The van der Waals surface area contributed by atoms with Crippen LogP contribution in [0.3, 0.4) is 0 Å². The van der Waals surface area contributed by atoms with Crippen molar-refractivity contribution in [2.45, 2.75) is 13.8 Å². The summed E-state index contributed by atoms with van der Waals surface area (Å²) in [6.45, 7) is 3.43. The van der Waals surface area contributed by atoms with Crippen molar-refractivity contribution < 1.29 is 4.92 Å². The second-order valence-electron chi connectivity index (χ2n) is 2.75. The molecule has 0 atom stereocenters. The van der Waals surface area contributed by atoms with Gasteiger partial charge in [0.05, 0.1) is 4.92 Å². The van der Waals surface area contributed by atoms with Crippen LogP contribution in [0, 0.1) is 24.0 Å². The molecule has 0 aliphatic heterocycles. The van der Waals surface area contributed by atoms with E-state index in [1.807, 2.05) is 0 Å². The third-order valence-electron chi connectivity index (χ3n) is 1.78. The lowest BCUT2D eigenvalue weighted by Gasteiger charge is -2.01. The Labute approximate surface area is 70.2 Å². The molecule has 12 heavy (non-hydrogen) atoms. The zero-order valence-electron chi connectivity index (χ0n) is 7.00. The van der Waals surface area contributed by atoms with Gasteiger partial charge in [0.15, 0.2) is 0 Å². The minimum atomic E-state index is -0.401. The minimum absolute atomic E-state index is 0.127. The summed E-state index contributed by atoms with van der Waals surface area (Å²) in [6.07, 6.45) is 0. The van der Waals surface area contributed by atoms with Gasteiger partial charge < -0.3 is 5.73 Å². The van der Waals surface area contributed by atoms with Crippen LogP contribution in [-0.4, -0.2) is 4.92 Å². The second kappa shape index (κ2) is 2.81. The van der Waals surface area contributed by atoms with Crippen LogP contribution in [-0.2, 0) is 0 Å². The van der Waals surface area contributed by atoms with E-state index in [4.69, 9.17) is 5.73 Å². The molecule has 2 N–H and O–H groups in total. The number of nitrogens with two attached hydrogens (primary N) is 1. The molecule has 0 aliphatic rings. The molecule has 0 heterocycles. The third-order valence-corrected chi connectivity index (χ3v) is 1.78. The van der Waals surface area contributed by atoms with Crippen LogP contribution in [0.5, 0.6) is 0 Å². The molecule has 0 aliphatic carbocycles. The predicted molar refractivity (Wildman–Crippen MR) is 47.0 cm³/mol. The van der Waals surface area contributed by atoms with E-state index in [1.54, 1.807) is 19.9 Å². The molecular weight excluding hydrogens is 156 g/mol. The van der Waals surface area contributed by atoms with Gasteiger partial charge in [-0.3, -0.25) is 10.1 Å². The van der Waals surface area contributed by atoms with E-state index in [2.05, 4.69) is 0 Å². The number of hydrogen-bond acceptors (Lipinski definition) is 3. The van der Waals surface area contributed by atoms with Crippen molar-refractivity contribution in [1.29, 1.82) is 0 Å². The van der Waals surface area contributed by atoms with E-state index in [9.17, 15) is 10.1 Å². The quantitative estimate of drug-likeness (QED) is 0.393. The molecule has 1 aromatic carbocycles. The number of aryl methyl sites for hydroxylation is 2. The molecular formula is C8H10N2O2. The predicted octanol–water partition coefficient (Wildman–Crippen LogP) is 1.79. The smallest absolute Gasteiger partial charge is 0.272 e. The Balaban J connectivity index is 3.33.